The van der Waals surface area contributed by atoms with E-state index in [1.807, 2.05) is 11.9 Å². The SMILES string of the molecule is CCN1CCC(N(C)C(=O)c2ccc(OC)nc2)CC1. The highest BCUT2D eigenvalue weighted by Gasteiger charge is 2.25. The molecule has 2 rings (SSSR count). The van der Waals surface area contributed by atoms with Crippen molar-refractivity contribution < 1.29 is 9.53 Å². The number of ether oxygens (including phenoxy) is 1. The van der Waals surface area contributed by atoms with Gasteiger partial charge in [0.15, 0.2) is 0 Å². The van der Waals surface area contributed by atoms with Crippen LogP contribution >= 0.6 is 0 Å². The fourth-order valence-electron chi connectivity index (χ4n) is 2.62. The predicted molar refractivity (Wildman–Crippen MR) is 78.0 cm³/mol. The standard InChI is InChI=1S/C15H23N3O2/c1-4-18-9-7-13(8-10-18)17(2)15(19)12-5-6-14(20-3)16-11-12/h5-6,11,13H,4,7-10H2,1-3H3. The number of methoxy groups -OCH3 is 1. The summed E-state index contributed by atoms with van der Waals surface area (Å²) in [5.41, 5.74) is 0.617. The van der Waals surface area contributed by atoms with Crippen LogP contribution in [0.4, 0.5) is 0 Å². The van der Waals surface area contributed by atoms with E-state index < -0.39 is 0 Å². The van der Waals surface area contributed by atoms with E-state index in [2.05, 4.69) is 16.8 Å². The number of piperidine rings is 1. The predicted octanol–water partition coefficient (Wildman–Crippen LogP) is 1.65. The van der Waals surface area contributed by atoms with Gasteiger partial charge < -0.3 is 14.5 Å². The monoisotopic (exact) mass is 277 g/mol. The van der Waals surface area contributed by atoms with Crippen molar-refractivity contribution in [1.29, 1.82) is 0 Å². The lowest BCUT2D eigenvalue weighted by molar-refractivity contribution is 0.0646. The minimum atomic E-state index is 0.0371. The average Bonchev–Trinajstić information content (AvgIpc) is 2.53. The Hall–Kier alpha value is -1.62. The van der Waals surface area contributed by atoms with Gasteiger partial charge >= 0.3 is 0 Å². The molecule has 0 saturated carbocycles. The van der Waals surface area contributed by atoms with Crippen LogP contribution in [0.5, 0.6) is 5.88 Å². The molecule has 1 aromatic heterocycles. The molecule has 0 N–H and O–H groups in total. The summed E-state index contributed by atoms with van der Waals surface area (Å²) in [5.74, 6) is 0.565. The largest absolute Gasteiger partial charge is 0.481 e. The molecule has 0 unspecified atom stereocenters. The Labute approximate surface area is 120 Å². The van der Waals surface area contributed by atoms with Crippen molar-refractivity contribution in [3.8, 4) is 5.88 Å². The molecule has 1 aliphatic heterocycles. The molecule has 1 amide bonds. The van der Waals surface area contributed by atoms with E-state index >= 15 is 0 Å². The van der Waals surface area contributed by atoms with Gasteiger partial charge in [-0.3, -0.25) is 4.79 Å². The fraction of sp³-hybridized carbons (Fsp3) is 0.600. The van der Waals surface area contributed by atoms with Crippen LogP contribution in [0.25, 0.3) is 0 Å². The molecule has 2 heterocycles. The first-order chi connectivity index (χ1) is 9.65. The quantitative estimate of drug-likeness (QED) is 0.839. The highest BCUT2D eigenvalue weighted by molar-refractivity contribution is 5.94. The third kappa shape index (κ3) is 3.28. The van der Waals surface area contributed by atoms with Gasteiger partial charge in [0, 0.05) is 38.4 Å². The number of aromatic nitrogens is 1. The normalized spacial score (nSPS) is 16.9. The molecule has 0 spiro atoms. The van der Waals surface area contributed by atoms with Gasteiger partial charge in [0.1, 0.15) is 0 Å². The van der Waals surface area contributed by atoms with Crippen LogP contribution in [0, 0.1) is 0 Å². The minimum Gasteiger partial charge on any atom is -0.481 e. The molecule has 0 bridgehead atoms. The minimum absolute atomic E-state index is 0.0371. The topological polar surface area (TPSA) is 45.7 Å². The average molecular weight is 277 g/mol. The lowest BCUT2D eigenvalue weighted by Crippen LogP contribution is -2.45. The Kier molecular flexibility index (Phi) is 4.95. The van der Waals surface area contributed by atoms with E-state index in [4.69, 9.17) is 4.74 Å². The zero-order valence-corrected chi connectivity index (χ0v) is 12.5. The van der Waals surface area contributed by atoms with Gasteiger partial charge in [0.2, 0.25) is 5.88 Å². The number of carbonyl (C=O) groups is 1. The maximum absolute atomic E-state index is 12.4. The van der Waals surface area contributed by atoms with Gasteiger partial charge in [-0.1, -0.05) is 6.92 Å². The lowest BCUT2D eigenvalue weighted by Gasteiger charge is -2.36. The first-order valence-electron chi connectivity index (χ1n) is 7.15. The summed E-state index contributed by atoms with van der Waals surface area (Å²) >= 11 is 0. The zero-order chi connectivity index (χ0) is 14.5. The van der Waals surface area contributed by atoms with E-state index in [1.165, 1.54) is 0 Å². The fourth-order valence-corrected chi connectivity index (χ4v) is 2.62. The summed E-state index contributed by atoms with van der Waals surface area (Å²) in [6, 6.07) is 3.82. The van der Waals surface area contributed by atoms with Crippen molar-refractivity contribution in [2.24, 2.45) is 0 Å². The zero-order valence-electron chi connectivity index (χ0n) is 12.5. The number of carbonyl (C=O) groups excluding carboxylic acids is 1. The molecule has 0 atom stereocenters. The van der Waals surface area contributed by atoms with Crippen LogP contribution in [-0.2, 0) is 0 Å². The highest BCUT2D eigenvalue weighted by atomic mass is 16.5. The van der Waals surface area contributed by atoms with Crippen LogP contribution in [0.3, 0.4) is 0 Å². The van der Waals surface area contributed by atoms with Crippen LogP contribution in [-0.4, -0.2) is 60.5 Å². The second-order valence-electron chi connectivity index (χ2n) is 5.17. The van der Waals surface area contributed by atoms with Gasteiger partial charge in [-0.15, -0.1) is 0 Å². The van der Waals surface area contributed by atoms with Crippen LogP contribution in [0.15, 0.2) is 18.3 Å². The van der Waals surface area contributed by atoms with Crippen molar-refractivity contribution in [2.75, 3.05) is 33.8 Å². The molecule has 5 nitrogen and oxygen atoms in total. The first-order valence-corrected chi connectivity index (χ1v) is 7.15. The molecular weight excluding hydrogens is 254 g/mol. The van der Waals surface area contributed by atoms with Crippen molar-refractivity contribution in [3.63, 3.8) is 0 Å². The maximum atomic E-state index is 12.4. The van der Waals surface area contributed by atoms with Crippen molar-refractivity contribution >= 4 is 5.91 Å². The molecule has 0 aliphatic carbocycles. The highest BCUT2D eigenvalue weighted by Crippen LogP contribution is 2.17. The summed E-state index contributed by atoms with van der Waals surface area (Å²) in [6.07, 6.45) is 3.66. The van der Waals surface area contributed by atoms with Gasteiger partial charge in [0.05, 0.1) is 12.7 Å². The molecule has 110 valence electrons. The number of pyridine rings is 1. The third-order valence-corrected chi connectivity index (χ3v) is 4.06. The first kappa shape index (κ1) is 14.8. The molecule has 1 fully saturated rings. The smallest absolute Gasteiger partial charge is 0.255 e. The number of likely N-dealkylation sites (tertiary alicyclic amines) is 1. The van der Waals surface area contributed by atoms with Gasteiger partial charge in [-0.05, 0) is 25.5 Å². The van der Waals surface area contributed by atoms with Crippen LogP contribution < -0.4 is 4.74 Å². The molecule has 1 saturated heterocycles. The number of nitrogens with zero attached hydrogens (tertiary/aromatic N) is 3. The second kappa shape index (κ2) is 6.70. The van der Waals surface area contributed by atoms with Crippen LogP contribution in [0.2, 0.25) is 0 Å². The Bertz CT molecular complexity index is 439. The Morgan fingerprint density at radius 1 is 1.45 bits per heavy atom. The van der Waals surface area contributed by atoms with Crippen molar-refractivity contribution in [1.82, 2.24) is 14.8 Å². The van der Waals surface area contributed by atoms with E-state index in [9.17, 15) is 4.79 Å². The molecule has 20 heavy (non-hydrogen) atoms. The van der Waals surface area contributed by atoms with E-state index in [-0.39, 0.29) is 5.91 Å². The van der Waals surface area contributed by atoms with Gasteiger partial charge in [-0.2, -0.15) is 0 Å². The molecule has 5 heteroatoms. The van der Waals surface area contributed by atoms with Crippen molar-refractivity contribution in [3.05, 3.63) is 23.9 Å². The molecule has 1 aromatic rings. The summed E-state index contributed by atoms with van der Waals surface area (Å²) in [7, 11) is 3.45. The van der Waals surface area contributed by atoms with E-state index in [0.717, 1.165) is 32.5 Å². The molecule has 0 aromatic carbocycles. The van der Waals surface area contributed by atoms with Gasteiger partial charge in [0.25, 0.3) is 5.91 Å². The lowest BCUT2D eigenvalue weighted by atomic mass is 10.0. The Morgan fingerprint density at radius 3 is 2.65 bits per heavy atom. The second-order valence-corrected chi connectivity index (χ2v) is 5.17. The number of rotatable bonds is 4. The summed E-state index contributed by atoms with van der Waals surface area (Å²) in [5, 5.41) is 0. The van der Waals surface area contributed by atoms with Crippen molar-refractivity contribution in [2.45, 2.75) is 25.8 Å². The number of hydrogen-bond acceptors (Lipinski definition) is 4. The van der Waals surface area contributed by atoms with Gasteiger partial charge in [-0.25, -0.2) is 4.98 Å². The molecule has 1 aliphatic rings. The summed E-state index contributed by atoms with van der Waals surface area (Å²) in [4.78, 5) is 20.8. The summed E-state index contributed by atoms with van der Waals surface area (Å²) in [6.45, 7) is 5.41. The van der Waals surface area contributed by atoms with E-state index in [1.54, 1.807) is 25.4 Å². The summed E-state index contributed by atoms with van der Waals surface area (Å²) < 4.78 is 5.01. The Balaban J connectivity index is 1.97. The Morgan fingerprint density at radius 2 is 2.15 bits per heavy atom. The van der Waals surface area contributed by atoms with Crippen LogP contribution in [0.1, 0.15) is 30.1 Å². The molecular formula is C15H23N3O2. The third-order valence-electron chi connectivity index (χ3n) is 4.06. The maximum Gasteiger partial charge on any atom is 0.255 e. The van der Waals surface area contributed by atoms with E-state index in [0.29, 0.717) is 17.5 Å². The number of amides is 1. The molecule has 0 radical (unpaired) electrons. The number of hydrogen-bond donors (Lipinski definition) is 0.